The van der Waals surface area contributed by atoms with Crippen molar-refractivity contribution in [2.45, 2.75) is 12.6 Å². The Morgan fingerprint density at radius 3 is 2.88 bits per heavy atom. The molecule has 3 aromatic rings. The van der Waals surface area contributed by atoms with E-state index >= 15 is 0 Å². The molecule has 8 heteroatoms. The second kappa shape index (κ2) is 7.77. The van der Waals surface area contributed by atoms with Gasteiger partial charge in [0.15, 0.2) is 5.82 Å². The van der Waals surface area contributed by atoms with E-state index < -0.39 is 0 Å². The number of imidazole rings is 1. The molecule has 1 aliphatic rings. The first-order valence-corrected chi connectivity index (χ1v) is 8.11. The molecule has 1 atom stereocenters. The van der Waals surface area contributed by atoms with Crippen molar-refractivity contribution in [3.8, 4) is 11.5 Å². The number of halogens is 1. The number of rotatable bonds is 4. The summed E-state index contributed by atoms with van der Waals surface area (Å²) in [5.74, 6) is 2.32. The Bertz CT molecular complexity index is 802. The topological polar surface area (TPSA) is 72.0 Å². The Labute approximate surface area is 152 Å². The zero-order valence-electron chi connectivity index (χ0n) is 14.0. The number of piperazine rings is 1. The van der Waals surface area contributed by atoms with Crippen LogP contribution in [0.2, 0.25) is 0 Å². The molecular weight excluding hydrogens is 340 g/mol. The van der Waals surface area contributed by atoms with Gasteiger partial charge in [-0.2, -0.15) is 4.98 Å². The van der Waals surface area contributed by atoms with Crippen molar-refractivity contribution < 1.29 is 4.52 Å². The molecule has 3 heterocycles. The lowest BCUT2D eigenvalue weighted by Gasteiger charge is -2.34. The minimum absolute atomic E-state index is 0. The van der Waals surface area contributed by atoms with Crippen molar-refractivity contribution in [3.63, 3.8) is 0 Å². The molecule has 1 fully saturated rings. The fourth-order valence-corrected chi connectivity index (χ4v) is 3.09. The summed E-state index contributed by atoms with van der Waals surface area (Å²) in [4.78, 5) is 11.4. The number of nitrogens with one attached hydrogen (secondary N) is 1. The lowest BCUT2D eigenvalue weighted by molar-refractivity contribution is 0.139. The summed E-state index contributed by atoms with van der Waals surface area (Å²) in [7, 11) is 2.02. The van der Waals surface area contributed by atoms with Gasteiger partial charge in [0.25, 0.3) is 5.89 Å². The lowest BCUT2D eigenvalue weighted by Crippen LogP contribution is -2.46. The van der Waals surface area contributed by atoms with E-state index in [2.05, 4.69) is 29.9 Å². The van der Waals surface area contributed by atoms with Crippen LogP contribution >= 0.6 is 12.4 Å². The molecule has 0 saturated carbocycles. The van der Waals surface area contributed by atoms with E-state index in [4.69, 9.17) is 4.52 Å². The third-order valence-corrected chi connectivity index (χ3v) is 4.34. The first-order valence-electron chi connectivity index (χ1n) is 8.11. The van der Waals surface area contributed by atoms with E-state index in [-0.39, 0.29) is 18.4 Å². The van der Waals surface area contributed by atoms with Crippen molar-refractivity contribution in [1.29, 1.82) is 0 Å². The number of nitrogens with zero attached hydrogens (tertiary/aromatic N) is 5. The summed E-state index contributed by atoms with van der Waals surface area (Å²) >= 11 is 0. The Balaban J connectivity index is 0.00000182. The number of benzene rings is 1. The molecule has 0 radical (unpaired) electrons. The maximum absolute atomic E-state index is 5.42. The van der Waals surface area contributed by atoms with E-state index in [9.17, 15) is 0 Å². The Morgan fingerprint density at radius 2 is 2.12 bits per heavy atom. The second-order valence-electron chi connectivity index (χ2n) is 5.97. The number of hydrogen-bond donors (Lipinski definition) is 1. The standard InChI is InChI=1S/C17H20N6O.ClH/c1-22-9-8-19-16(22)14-11-18-7-10-23(14)12-15-20-17(24-21-15)13-5-3-2-4-6-13;/h2-6,8-9,14,18H,7,10-12H2,1H3;1H. The highest BCUT2D eigenvalue weighted by Gasteiger charge is 2.28. The fraction of sp³-hybridized carbons (Fsp3) is 0.353. The highest BCUT2D eigenvalue weighted by Crippen LogP contribution is 2.23. The summed E-state index contributed by atoms with van der Waals surface area (Å²) in [5.41, 5.74) is 0.942. The Kier molecular flexibility index (Phi) is 5.47. The molecule has 1 aromatic carbocycles. The molecule has 1 N–H and O–H groups in total. The van der Waals surface area contributed by atoms with Crippen LogP contribution in [-0.4, -0.2) is 44.2 Å². The SMILES string of the molecule is Cl.Cn1ccnc1C1CNCCN1Cc1noc(-c2ccccc2)n1. The second-order valence-corrected chi connectivity index (χ2v) is 5.97. The third kappa shape index (κ3) is 3.73. The normalized spacial score (nSPS) is 18.0. The zero-order valence-corrected chi connectivity index (χ0v) is 14.8. The van der Waals surface area contributed by atoms with Gasteiger partial charge >= 0.3 is 0 Å². The smallest absolute Gasteiger partial charge is 0.257 e. The minimum atomic E-state index is 0. The minimum Gasteiger partial charge on any atom is -0.337 e. The van der Waals surface area contributed by atoms with Crippen molar-refractivity contribution >= 4 is 12.4 Å². The molecule has 4 rings (SSSR count). The maximum Gasteiger partial charge on any atom is 0.257 e. The third-order valence-electron chi connectivity index (χ3n) is 4.34. The van der Waals surface area contributed by atoms with E-state index in [0.717, 1.165) is 31.0 Å². The van der Waals surface area contributed by atoms with Gasteiger partial charge in [-0.25, -0.2) is 4.98 Å². The molecular formula is C17H21ClN6O. The van der Waals surface area contributed by atoms with Crippen LogP contribution in [0.4, 0.5) is 0 Å². The van der Waals surface area contributed by atoms with Gasteiger partial charge in [-0.15, -0.1) is 12.4 Å². The largest absolute Gasteiger partial charge is 0.337 e. The molecule has 0 bridgehead atoms. The molecule has 132 valence electrons. The average Bonchev–Trinajstić information content (AvgIpc) is 3.25. The highest BCUT2D eigenvalue weighted by molar-refractivity contribution is 5.85. The van der Waals surface area contributed by atoms with E-state index in [1.165, 1.54) is 0 Å². The van der Waals surface area contributed by atoms with Crippen LogP contribution < -0.4 is 5.32 Å². The van der Waals surface area contributed by atoms with Crippen LogP contribution in [0.5, 0.6) is 0 Å². The molecule has 0 spiro atoms. The van der Waals surface area contributed by atoms with Gasteiger partial charge in [0.05, 0.1) is 12.6 Å². The fourth-order valence-electron chi connectivity index (χ4n) is 3.09. The molecule has 1 unspecified atom stereocenters. The zero-order chi connectivity index (χ0) is 16.4. The van der Waals surface area contributed by atoms with Crippen LogP contribution in [0.1, 0.15) is 17.7 Å². The van der Waals surface area contributed by atoms with Gasteiger partial charge in [-0.05, 0) is 12.1 Å². The Morgan fingerprint density at radius 1 is 1.28 bits per heavy atom. The van der Waals surface area contributed by atoms with Gasteiger partial charge in [-0.1, -0.05) is 23.4 Å². The number of aryl methyl sites for hydroxylation is 1. The van der Waals surface area contributed by atoms with Gasteiger partial charge in [0, 0.05) is 44.6 Å². The molecule has 0 aliphatic carbocycles. The van der Waals surface area contributed by atoms with Gasteiger partial charge in [0.2, 0.25) is 0 Å². The lowest BCUT2D eigenvalue weighted by atomic mass is 10.1. The molecule has 1 aliphatic heterocycles. The van der Waals surface area contributed by atoms with Crippen LogP contribution in [0.3, 0.4) is 0 Å². The molecule has 7 nitrogen and oxygen atoms in total. The van der Waals surface area contributed by atoms with Gasteiger partial charge in [-0.3, -0.25) is 4.90 Å². The summed E-state index contributed by atoms with van der Waals surface area (Å²) < 4.78 is 7.48. The van der Waals surface area contributed by atoms with E-state index in [0.29, 0.717) is 18.3 Å². The van der Waals surface area contributed by atoms with E-state index in [1.54, 1.807) is 0 Å². The molecule has 1 saturated heterocycles. The number of hydrogen-bond acceptors (Lipinski definition) is 6. The van der Waals surface area contributed by atoms with Crippen LogP contribution in [-0.2, 0) is 13.6 Å². The monoisotopic (exact) mass is 360 g/mol. The first kappa shape index (κ1) is 17.6. The maximum atomic E-state index is 5.42. The predicted octanol–water partition coefficient (Wildman–Crippen LogP) is 2.04. The van der Waals surface area contributed by atoms with Crippen LogP contribution in [0, 0.1) is 0 Å². The molecule has 0 amide bonds. The average molecular weight is 361 g/mol. The Hall–Kier alpha value is -2.22. The summed E-state index contributed by atoms with van der Waals surface area (Å²) in [6.07, 6.45) is 3.81. The summed E-state index contributed by atoms with van der Waals surface area (Å²) in [6.45, 7) is 3.39. The van der Waals surface area contributed by atoms with Crippen molar-refractivity contribution in [2.24, 2.45) is 7.05 Å². The summed E-state index contributed by atoms with van der Waals surface area (Å²) in [6, 6.07) is 10.0. The number of aromatic nitrogens is 4. The quantitative estimate of drug-likeness (QED) is 0.767. The molecule has 25 heavy (non-hydrogen) atoms. The van der Waals surface area contributed by atoms with Gasteiger partial charge < -0.3 is 14.4 Å². The summed E-state index contributed by atoms with van der Waals surface area (Å²) in [5, 5.41) is 7.59. The first-order chi connectivity index (χ1) is 11.8. The van der Waals surface area contributed by atoms with Crippen molar-refractivity contribution in [3.05, 3.63) is 54.4 Å². The van der Waals surface area contributed by atoms with Gasteiger partial charge in [0.1, 0.15) is 5.82 Å². The van der Waals surface area contributed by atoms with Crippen molar-refractivity contribution in [1.82, 2.24) is 29.9 Å². The van der Waals surface area contributed by atoms with Crippen molar-refractivity contribution in [2.75, 3.05) is 19.6 Å². The van der Waals surface area contributed by atoms with E-state index in [1.807, 2.05) is 49.8 Å². The highest BCUT2D eigenvalue weighted by atomic mass is 35.5. The predicted molar refractivity (Wildman–Crippen MR) is 96.2 cm³/mol. The van der Waals surface area contributed by atoms with Crippen LogP contribution in [0.15, 0.2) is 47.2 Å². The van der Waals surface area contributed by atoms with Crippen LogP contribution in [0.25, 0.3) is 11.5 Å². The molecule has 2 aromatic heterocycles.